The van der Waals surface area contributed by atoms with Crippen LogP contribution in [0.25, 0.3) is 0 Å². The number of anilines is 1. The van der Waals surface area contributed by atoms with Gasteiger partial charge in [-0.05, 0) is 49.9 Å². The highest BCUT2D eigenvalue weighted by Gasteiger charge is 2.40. The molecule has 1 aromatic rings. The van der Waals surface area contributed by atoms with Crippen molar-refractivity contribution in [2.45, 2.75) is 43.9 Å². The van der Waals surface area contributed by atoms with E-state index in [2.05, 4.69) is 5.32 Å². The first-order valence-corrected chi connectivity index (χ1v) is 9.72. The van der Waals surface area contributed by atoms with Crippen LogP contribution in [0.4, 0.5) is 10.1 Å². The van der Waals surface area contributed by atoms with E-state index in [9.17, 15) is 9.18 Å². The molecule has 7 heteroatoms. The second-order valence-electron chi connectivity index (χ2n) is 7.39. The van der Waals surface area contributed by atoms with Crippen LogP contribution in [0.5, 0.6) is 0 Å². The lowest BCUT2D eigenvalue weighted by Crippen LogP contribution is -2.43. The van der Waals surface area contributed by atoms with Crippen molar-refractivity contribution >= 4 is 23.2 Å². The zero-order valence-electron chi connectivity index (χ0n) is 14.7. The third-order valence-electron chi connectivity index (χ3n) is 5.75. The maximum atomic E-state index is 13.7. The lowest BCUT2D eigenvalue weighted by molar-refractivity contribution is -0.182. The molecule has 1 amide bonds. The number of nitrogens with zero attached hydrogens (tertiary/aromatic N) is 1. The summed E-state index contributed by atoms with van der Waals surface area (Å²) in [7, 11) is 0. The molecule has 2 aliphatic heterocycles. The van der Waals surface area contributed by atoms with Crippen LogP contribution in [0, 0.1) is 11.7 Å². The van der Waals surface area contributed by atoms with Crippen LogP contribution >= 0.6 is 11.6 Å². The van der Waals surface area contributed by atoms with Crippen LogP contribution in [-0.2, 0) is 14.3 Å². The van der Waals surface area contributed by atoms with E-state index in [1.807, 2.05) is 0 Å². The second kappa shape index (κ2) is 7.43. The van der Waals surface area contributed by atoms with Gasteiger partial charge in [0.2, 0.25) is 5.91 Å². The molecule has 3 aliphatic rings. The van der Waals surface area contributed by atoms with Gasteiger partial charge >= 0.3 is 0 Å². The SMILES string of the molecule is O=C1[C@H](NCC2CCC3(CC2)OCCO3)CCN1c1ccc(Cl)c(F)c1. The molecule has 2 heterocycles. The second-order valence-corrected chi connectivity index (χ2v) is 7.80. The standard InChI is InChI=1S/C19H24ClFN2O3/c20-15-2-1-14(11-16(15)21)23-8-5-17(18(23)24)22-12-13-3-6-19(7-4-13)25-9-10-26-19/h1-2,11,13,17,22H,3-10,12H2/t17-/m1/s1. The number of rotatable bonds is 4. The molecule has 26 heavy (non-hydrogen) atoms. The molecule has 4 rings (SSSR count). The fourth-order valence-electron chi connectivity index (χ4n) is 4.19. The average molecular weight is 383 g/mol. The Bertz CT molecular complexity index is 671. The highest BCUT2D eigenvalue weighted by molar-refractivity contribution is 6.30. The summed E-state index contributed by atoms with van der Waals surface area (Å²) in [5.74, 6) is -0.305. The van der Waals surface area contributed by atoms with E-state index in [0.29, 0.717) is 31.4 Å². The zero-order chi connectivity index (χ0) is 18.1. The highest BCUT2D eigenvalue weighted by Crippen LogP contribution is 2.38. The van der Waals surface area contributed by atoms with Gasteiger partial charge in [0.15, 0.2) is 5.79 Å². The molecule has 142 valence electrons. The molecule has 2 saturated heterocycles. The van der Waals surface area contributed by atoms with Crippen LogP contribution in [-0.4, -0.2) is 44.0 Å². The molecule has 1 spiro atoms. The first kappa shape index (κ1) is 18.2. The maximum Gasteiger partial charge on any atom is 0.244 e. The number of hydrogen-bond donors (Lipinski definition) is 1. The van der Waals surface area contributed by atoms with Gasteiger partial charge in [0.05, 0.1) is 24.3 Å². The third-order valence-corrected chi connectivity index (χ3v) is 6.06. The number of nitrogens with one attached hydrogen (secondary N) is 1. The quantitative estimate of drug-likeness (QED) is 0.869. The molecule has 1 aliphatic carbocycles. The minimum Gasteiger partial charge on any atom is -0.348 e. The normalized spacial score (nSPS) is 26.2. The summed E-state index contributed by atoms with van der Waals surface area (Å²) < 4.78 is 25.2. The predicted octanol–water partition coefficient (Wildman–Crippen LogP) is 3.11. The largest absolute Gasteiger partial charge is 0.348 e. The van der Waals surface area contributed by atoms with Crippen LogP contribution in [0.15, 0.2) is 18.2 Å². The van der Waals surface area contributed by atoms with Crippen LogP contribution in [0.2, 0.25) is 5.02 Å². The number of carbonyl (C=O) groups excluding carboxylic acids is 1. The lowest BCUT2D eigenvalue weighted by atomic mass is 9.85. The topological polar surface area (TPSA) is 50.8 Å². The van der Waals surface area contributed by atoms with E-state index < -0.39 is 5.82 Å². The Hall–Kier alpha value is -1.21. The number of halogens is 2. The van der Waals surface area contributed by atoms with Crippen molar-refractivity contribution in [3.8, 4) is 0 Å². The predicted molar refractivity (Wildman–Crippen MR) is 96.8 cm³/mol. The van der Waals surface area contributed by atoms with Gasteiger partial charge in [-0.1, -0.05) is 11.6 Å². The molecule has 0 unspecified atom stereocenters. The van der Waals surface area contributed by atoms with Crippen molar-refractivity contribution in [1.82, 2.24) is 5.32 Å². The fraction of sp³-hybridized carbons (Fsp3) is 0.632. The molecule has 1 atom stereocenters. The maximum absolute atomic E-state index is 13.7. The summed E-state index contributed by atoms with van der Waals surface area (Å²) in [6.07, 6.45) is 4.66. The van der Waals surface area contributed by atoms with Gasteiger partial charge < -0.3 is 19.7 Å². The molecule has 1 N–H and O–H groups in total. The Morgan fingerprint density at radius 2 is 1.96 bits per heavy atom. The van der Waals surface area contributed by atoms with E-state index in [-0.39, 0.29) is 22.8 Å². The van der Waals surface area contributed by atoms with Gasteiger partial charge in [0, 0.05) is 25.1 Å². The monoisotopic (exact) mass is 382 g/mol. The molecule has 0 aromatic heterocycles. The lowest BCUT2D eigenvalue weighted by Gasteiger charge is -2.35. The van der Waals surface area contributed by atoms with Gasteiger partial charge in [0.25, 0.3) is 0 Å². The van der Waals surface area contributed by atoms with Gasteiger partial charge in [0.1, 0.15) is 5.82 Å². The first-order valence-electron chi connectivity index (χ1n) is 9.34. The van der Waals surface area contributed by atoms with E-state index in [4.69, 9.17) is 21.1 Å². The Kier molecular flexibility index (Phi) is 5.19. The average Bonchev–Trinajstić information content (AvgIpc) is 3.24. The number of amides is 1. The third kappa shape index (κ3) is 3.60. The van der Waals surface area contributed by atoms with Gasteiger partial charge in [-0.15, -0.1) is 0 Å². The number of carbonyl (C=O) groups is 1. The summed E-state index contributed by atoms with van der Waals surface area (Å²) in [6, 6.07) is 4.30. The van der Waals surface area contributed by atoms with Crippen molar-refractivity contribution in [3.05, 3.63) is 29.0 Å². The molecular weight excluding hydrogens is 359 g/mol. The summed E-state index contributed by atoms with van der Waals surface area (Å²) in [5, 5.41) is 3.48. The van der Waals surface area contributed by atoms with Gasteiger partial charge in [-0.25, -0.2) is 4.39 Å². The summed E-state index contributed by atoms with van der Waals surface area (Å²) in [5.41, 5.74) is 0.566. The van der Waals surface area contributed by atoms with Crippen LogP contribution in [0.3, 0.4) is 0 Å². The Balaban J connectivity index is 1.28. The van der Waals surface area contributed by atoms with E-state index in [1.165, 1.54) is 12.1 Å². The number of benzene rings is 1. The molecule has 5 nitrogen and oxygen atoms in total. The van der Waals surface area contributed by atoms with Crippen molar-refractivity contribution < 1.29 is 18.7 Å². The van der Waals surface area contributed by atoms with Gasteiger partial charge in [-0.3, -0.25) is 4.79 Å². The van der Waals surface area contributed by atoms with Crippen molar-refractivity contribution in [2.75, 3.05) is 31.2 Å². The van der Waals surface area contributed by atoms with Crippen LogP contribution < -0.4 is 10.2 Å². The smallest absolute Gasteiger partial charge is 0.244 e. The van der Waals surface area contributed by atoms with Gasteiger partial charge in [-0.2, -0.15) is 0 Å². The molecule has 3 fully saturated rings. The highest BCUT2D eigenvalue weighted by atomic mass is 35.5. The van der Waals surface area contributed by atoms with Crippen molar-refractivity contribution in [2.24, 2.45) is 5.92 Å². The minimum absolute atomic E-state index is 0.00135. The van der Waals surface area contributed by atoms with Crippen molar-refractivity contribution in [3.63, 3.8) is 0 Å². The Morgan fingerprint density at radius 1 is 1.23 bits per heavy atom. The molecule has 0 radical (unpaired) electrons. The zero-order valence-corrected chi connectivity index (χ0v) is 15.4. The fourth-order valence-corrected chi connectivity index (χ4v) is 4.31. The Labute approximate surface area is 157 Å². The number of hydrogen-bond acceptors (Lipinski definition) is 4. The summed E-state index contributed by atoms with van der Waals surface area (Å²) in [4.78, 5) is 14.3. The van der Waals surface area contributed by atoms with Crippen molar-refractivity contribution in [1.29, 1.82) is 0 Å². The van der Waals surface area contributed by atoms with Crippen LogP contribution in [0.1, 0.15) is 32.1 Å². The molecule has 1 saturated carbocycles. The van der Waals surface area contributed by atoms with E-state index in [0.717, 1.165) is 38.6 Å². The minimum atomic E-state index is -0.499. The summed E-state index contributed by atoms with van der Waals surface area (Å²) >= 11 is 5.72. The molecule has 1 aromatic carbocycles. The molecular formula is C19H24ClFN2O3. The van der Waals surface area contributed by atoms with E-state index >= 15 is 0 Å². The number of ether oxygens (including phenoxy) is 2. The molecule has 0 bridgehead atoms. The van der Waals surface area contributed by atoms with E-state index in [1.54, 1.807) is 11.0 Å². The Morgan fingerprint density at radius 3 is 2.65 bits per heavy atom. The summed E-state index contributed by atoms with van der Waals surface area (Å²) in [6.45, 7) is 2.80. The first-order chi connectivity index (χ1) is 12.6.